The van der Waals surface area contributed by atoms with E-state index >= 15 is 0 Å². The van der Waals surface area contributed by atoms with Gasteiger partial charge in [-0.1, -0.05) is 32.9 Å². The number of hydrogen-bond donors (Lipinski definition) is 1. The predicted molar refractivity (Wildman–Crippen MR) is 82.1 cm³/mol. The Bertz CT molecular complexity index is 579. The van der Waals surface area contributed by atoms with E-state index in [1.165, 1.54) is 7.11 Å². The van der Waals surface area contributed by atoms with Crippen molar-refractivity contribution in [2.45, 2.75) is 40.0 Å². The van der Waals surface area contributed by atoms with Gasteiger partial charge in [-0.15, -0.1) is 0 Å². The van der Waals surface area contributed by atoms with Gasteiger partial charge in [0.05, 0.1) is 7.11 Å². The van der Waals surface area contributed by atoms with Gasteiger partial charge in [-0.25, -0.2) is 0 Å². The Morgan fingerprint density at radius 3 is 2.48 bits per heavy atom. The van der Waals surface area contributed by atoms with E-state index in [1.54, 1.807) is 0 Å². The van der Waals surface area contributed by atoms with Crippen LogP contribution in [-0.4, -0.2) is 19.0 Å². The van der Waals surface area contributed by atoms with Gasteiger partial charge in [0.25, 0.3) is 0 Å². The summed E-state index contributed by atoms with van der Waals surface area (Å²) in [6.45, 7) is 8.05. The summed E-state index contributed by atoms with van der Waals surface area (Å²) in [6.07, 6.45) is 0.550. The largest absolute Gasteiger partial charge is 0.468 e. The van der Waals surface area contributed by atoms with E-state index in [9.17, 15) is 9.59 Å². The fourth-order valence-corrected chi connectivity index (χ4v) is 2.67. The first-order chi connectivity index (χ1) is 9.82. The van der Waals surface area contributed by atoms with Gasteiger partial charge in [0.1, 0.15) is 5.41 Å². The maximum Gasteiger partial charge on any atom is 0.321 e. The van der Waals surface area contributed by atoms with E-state index in [4.69, 9.17) is 4.74 Å². The minimum atomic E-state index is -1.00. The van der Waals surface area contributed by atoms with E-state index in [0.29, 0.717) is 12.3 Å². The second kappa shape index (κ2) is 5.51. The normalized spacial score (nSPS) is 23.8. The van der Waals surface area contributed by atoms with Gasteiger partial charge < -0.3 is 10.1 Å². The summed E-state index contributed by atoms with van der Waals surface area (Å²) in [5, 5.41) is 2.91. The number of rotatable bonds is 4. The van der Waals surface area contributed by atoms with Gasteiger partial charge in [0, 0.05) is 5.69 Å². The van der Waals surface area contributed by atoms with Crippen LogP contribution in [0.15, 0.2) is 18.2 Å². The number of aryl methyl sites for hydroxylation is 1. The summed E-state index contributed by atoms with van der Waals surface area (Å²) < 4.78 is 4.80. The molecule has 0 bridgehead atoms. The maximum absolute atomic E-state index is 12.5. The molecule has 0 saturated heterocycles. The Balaban J connectivity index is 2.24. The third-order valence-corrected chi connectivity index (χ3v) is 4.44. The van der Waals surface area contributed by atoms with Crippen molar-refractivity contribution in [2.24, 2.45) is 11.3 Å². The lowest BCUT2D eigenvalue weighted by Crippen LogP contribution is -2.34. The molecule has 4 nitrogen and oxygen atoms in total. The molecule has 0 aliphatic heterocycles. The summed E-state index contributed by atoms with van der Waals surface area (Å²) in [4.78, 5) is 24.4. The third kappa shape index (κ3) is 2.67. The monoisotopic (exact) mass is 289 g/mol. The molecule has 0 spiro atoms. The van der Waals surface area contributed by atoms with Crippen LogP contribution >= 0.6 is 0 Å². The molecule has 0 radical (unpaired) electrons. The molecule has 114 valence electrons. The van der Waals surface area contributed by atoms with Crippen LogP contribution in [0.4, 0.5) is 5.69 Å². The van der Waals surface area contributed by atoms with Crippen LogP contribution < -0.4 is 5.32 Å². The first-order valence-electron chi connectivity index (χ1n) is 7.33. The number of amides is 1. The average Bonchev–Trinajstić information content (AvgIpc) is 3.13. The number of nitrogens with one attached hydrogen (secondary N) is 1. The van der Waals surface area contributed by atoms with Crippen molar-refractivity contribution in [1.82, 2.24) is 0 Å². The predicted octanol–water partition coefficient (Wildman–Crippen LogP) is 3.26. The van der Waals surface area contributed by atoms with Crippen molar-refractivity contribution in [2.75, 3.05) is 12.4 Å². The number of esters is 1. The molecular formula is C17H23NO3. The maximum atomic E-state index is 12.5. The molecule has 1 aliphatic rings. The fraction of sp³-hybridized carbons (Fsp3) is 0.529. The van der Waals surface area contributed by atoms with Crippen LogP contribution in [0.5, 0.6) is 0 Å². The lowest BCUT2D eigenvalue weighted by molar-refractivity contribution is -0.151. The molecule has 1 aliphatic carbocycles. The number of methoxy groups -OCH3 is 1. The summed E-state index contributed by atoms with van der Waals surface area (Å²) in [5.74, 6) is -0.287. The number of carbonyl (C=O) groups is 2. The molecule has 1 amide bonds. The van der Waals surface area contributed by atoms with E-state index in [0.717, 1.165) is 16.8 Å². The van der Waals surface area contributed by atoms with Crippen LogP contribution in [0.2, 0.25) is 0 Å². The van der Waals surface area contributed by atoms with Crippen molar-refractivity contribution >= 4 is 17.6 Å². The van der Waals surface area contributed by atoms with Gasteiger partial charge in [-0.05, 0) is 42.4 Å². The highest BCUT2D eigenvalue weighted by molar-refractivity contribution is 6.12. The fourth-order valence-electron chi connectivity index (χ4n) is 2.67. The second-order valence-electron chi connectivity index (χ2n) is 6.25. The average molecular weight is 289 g/mol. The molecule has 2 unspecified atom stereocenters. The van der Waals surface area contributed by atoms with Gasteiger partial charge >= 0.3 is 5.97 Å². The highest BCUT2D eigenvalue weighted by Gasteiger charge is 2.64. The van der Waals surface area contributed by atoms with E-state index in [1.807, 2.05) is 26.0 Å². The molecule has 2 rings (SSSR count). The van der Waals surface area contributed by atoms with Gasteiger partial charge in [-0.3, -0.25) is 9.59 Å². The second-order valence-corrected chi connectivity index (χ2v) is 6.25. The van der Waals surface area contributed by atoms with Crippen LogP contribution in [-0.2, 0) is 14.3 Å². The van der Waals surface area contributed by atoms with E-state index in [2.05, 4.69) is 25.2 Å². The minimum Gasteiger partial charge on any atom is -0.468 e. The zero-order chi connectivity index (χ0) is 15.8. The molecule has 1 aromatic carbocycles. The molecule has 1 aromatic rings. The Hall–Kier alpha value is -1.84. The molecule has 1 N–H and O–H groups in total. The van der Waals surface area contributed by atoms with Crippen LogP contribution in [0.25, 0.3) is 0 Å². The highest BCUT2D eigenvalue weighted by atomic mass is 16.5. The number of carbonyl (C=O) groups excluding carboxylic acids is 2. The zero-order valence-electron chi connectivity index (χ0n) is 13.3. The lowest BCUT2D eigenvalue weighted by Gasteiger charge is -2.17. The molecule has 1 fully saturated rings. The summed E-state index contributed by atoms with van der Waals surface area (Å²) in [6, 6.07) is 6.04. The quantitative estimate of drug-likeness (QED) is 0.683. The van der Waals surface area contributed by atoms with Gasteiger partial charge in [0.2, 0.25) is 5.91 Å². The summed E-state index contributed by atoms with van der Waals surface area (Å²) in [5.41, 5.74) is 1.91. The van der Waals surface area contributed by atoms with Crippen molar-refractivity contribution in [3.05, 3.63) is 29.3 Å². The molecule has 21 heavy (non-hydrogen) atoms. The van der Waals surface area contributed by atoms with Crippen molar-refractivity contribution < 1.29 is 14.3 Å². The van der Waals surface area contributed by atoms with Crippen LogP contribution in [0, 0.1) is 18.3 Å². The Labute approximate surface area is 125 Å². The van der Waals surface area contributed by atoms with Crippen molar-refractivity contribution in [3.63, 3.8) is 0 Å². The lowest BCUT2D eigenvalue weighted by atomic mass is 9.99. The Kier molecular flexibility index (Phi) is 4.08. The highest BCUT2D eigenvalue weighted by Crippen LogP contribution is 2.53. The van der Waals surface area contributed by atoms with E-state index in [-0.39, 0.29) is 11.8 Å². The van der Waals surface area contributed by atoms with Gasteiger partial charge in [-0.2, -0.15) is 0 Å². The van der Waals surface area contributed by atoms with Crippen LogP contribution in [0.1, 0.15) is 44.2 Å². The number of ether oxygens (including phenoxy) is 1. The van der Waals surface area contributed by atoms with E-state index < -0.39 is 11.4 Å². The molecule has 0 aromatic heterocycles. The molecule has 0 heterocycles. The third-order valence-electron chi connectivity index (χ3n) is 4.44. The number of anilines is 1. The van der Waals surface area contributed by atoms with Crippen molar-refractivity contribution in [1.29, 1.82) is 0 Å². The smallest absolute Gasteiger partial charge is 0.321 e. The SMILES string of the molecule is COC(=O)C1(C(=O)Nc2cc(C(C)C)ccc2C)CC1C. The van der Waals surface area contributed by atoms with Crippen LogP contribution in [0.3, 0.4) is 0 Å². The molecular weight excluding hydrogens is 266 g/mol. The Morgan fingerprint density at radius 1 is 1.38 bits per heavy atom. The Morgan fingerprint density at radius 2 is 2.00 bits per heavy atom. The zero-order valence-corrected chi connectivity index (χ0v) is 13.3. The van der Waals surface area contributed by atoms with Crippen molar-refractivity contribution in [3.8, 4) is 0 Å². The summed E-state index contributed by atoms with van der Waals surface area (Å²) >= 11 is 0. The summed E-state index contributed by atoms with van der Waals surface area (Å²) in [7, 11) is 1.33. The minimum absolute atomic E-state index is 0.0264. The number of hydrogen-bond acceptors (Lipinski definition) is 3. The topological polar surface area (TPSA) is 55.4 Å². The first-order valence-corrected chi connectivity index (χ1v) is 7.33. The first kappa shape index (κ1) is 15.5. The number of benzene rings is 1. The van der Waals surface area contributed by atoms with Gasteiger partial charge in [0.15, 0.2) is 0 Å². The molecule has 2 atom stereocenters. The molecule has 4 heteroatoms. The molecule has 1 saturated carbocycles. The standard InChI is InChI=1S/C17H23NO3/c1-10(2)13-7-6-11(3)14(8-13)18-15(19)17(9-12(17)4)16(20)21-5/h6-8,10,12H,9H2,1-5H3,(H,18,19).